The minimum absolute atomic E-state index is 0.780. The van der Waals surface area contributed by atoms with Crippen LogP contribution in [-0.2, 0) is 6.54 Å². The second-order valence-electron chi connectivity index (χ2n) is 5.89. The number of aromatic nitrogens is 2. The SMILES string of the molecule is CCCNc1cnc(CN2CCN3CCCC3C2)cn1. The standard InChI is InChI=1S/C15H25N5/c1-2-5-16-15-10-17-13(9-18-15)11-19-7-8-20-6-3-4-14(20)12-19/h9-10,14H,2-8,11-12H2,1H3,(H,16,18). The van der Waals surface area contributed by atoms with E-state index in [1.807, 2.05) is 12.4 Å². The van der Waals surface area contributed by atoms with Crippen molar-refractivity contribution in [1.29, 1.82) is 0 Å². The van der Waals surface area contributed by atoms with Gasteiger partial charge in [0, 0.05) is 38.8 Å². The maximum absolute atomic E-state index is 4.53. The molecule has 3 heterocycles. The normalized spacial score (nSPS) is 23.8. The zero-order valence-corrected chi connectivity index (χ0v) is 12.4. The zero-order chi connectivity index (χ0) is 13.8. The van der Waals surface area contributed by atoms with Crippen molar-refractivity contribution in [1.82, 2.24) is 19.8 Å². The van der Waals surface area contributed by atoms with Crippen molar-refractivity contribution >= 4 is 5.82 Å². The summed E-state index contributed by atoms with van der Waals surface area (Å²) in [5.74, 6) is 0.885. The molecule has 1 aromatic heterocycles. The summed E-state index contributed by atoms with van der Waals surface area (Å²) in [5.41, 5.74) is 1.08. The fourth-order valence-corrected chi connectivity index (χ4v) is 3.21. The number of anilines is 1. The van der Waals surface area contributed by atoms with Crippen LogP contribution in [0.1, 0.15) is 31.9 Å². The van der Waals surface area contributed by atoms with Crippen molar-refractivity contribution in [2.75, 3.05) is 38.0 Å². The summed E-state index contributed by atoms with van der Waals surface area (Å²) in [6, 6.07) is 0.780. The van der Waals surface area contributed by atoms with Crippen LogP contribution >= 0.6 is 0 Å². The quantitative estimate of drug-likeness (QED) is 0.884. The van der Waals surface area contributed by atoms with Crippen LogP contribution < -0.4 is 5.32 Å². The molecular weight excluding hydrogens is 250 g/mol. The van der Waals surface area contributed by atoms with Crippen LogP contribution in [0, 0.1) is 0 Å². The maximum atomic E-state index is 4.53. The molecule has 0 amide bonds. The van der Waals surface area contributed by atoms with Crippen LogP contribution in [0.2, 0.25) is 0 Å². The number of fused-ring (bicyclic) bond motifs is 1. The Morgan fingerprint density at radius 1 is 1.25 bits per heavy atom. The van der Waals surface area contributed by atoms with Gasteiger partial charge in [-0.15, -0.1) is 0 Å². The number of nitrogens with zero attached hydrogens (tertiary/aromatic N) is 4. The largest absolute Gasteiger partial charge is 0.369 e. The molecule has 1 aromatic rings. The first-order valence-electron chi connectivity index (χ1n) is 7.86. The Morgan fingerprint density at radius 2 is 2.20 bits per heavy atom. The summed E-state index contributed by atoms with van der Waals surface area (Å²) < 4.78 is 0. The van der Waals surface area contributed by atoms with Crippen LogP contribution in [0.4, 0.5) is 5.82 Å². The Hall–Kier alpha value is -1.20. The number of hydrogen-bond donors (Lipinski definition) is 1. The molecule has 2 aliphatic rings. The first kappa shape index (κ1) is 13.8. The molecule has 3 rings (SSSR count). The average Bonchev–Trinajstić information content (AvgIpc) is 2.94. The third kappa shape index (κ3) is 3.27. The van der Waals surface area contributed by atoms with Gasteiger partial charge in [0.1, 0.15) is 5.82 Å². The molecule has 110 valence electrons. The van der Waals surface area contributed by atoms with Crippen molar-refractivity contribution in [3.63, 3.8) is 0 Å². The number of rotatable bonds is 5. The lowest BCUT2D eigenvalue weighted by Crippen LogP contribution is -2.49. The molecule has 0 bridgehead atoms. The second kappa shape index (κ2) is 6.50. The van der Waals surface area contributed by atoms with E-state index in [2.05, 4.69) is 32.0 Å². The molecule has 0 aliphatic carbocycles. The van der Waals surface area contributed by atoms with Gasteiger partial charge in [0.05, 0.1) is 18.1 Å². The highest BCUT2D eigenvalue weighted by atomic mass is 15.3. The van der Waals surface area contributed by atoms with Gasteiger partial charge in [-0.3, -0.25) is 14.8 Å². The van der Waals surface area contributed by atoms with Gasteiger partial charge in [-0.2, -0.15) is 0 Å². The van der Waals surface area contributed by atoms with E-state index in [9.17, 15) is 0 Å². The van der Waals surface area contributed by atoms with Gasteiger partial charge < -0.3 is 5.32 Å². The molecular formula is C15H25N5. The van der Waals surface area contributed by atoms with E-state index in [1.54, 1.807) is 0 Å². The van der Waals surface area contributed by atoms with Gasteiger partial charge in [-0.1, -0.05) is 6.92 Å². The second-order valence-corrected chi connectivity index (χ2v) is 5.89. The Labute approximate surface area is 121 Å². The van der Waals surface area contributed by atoms with Crippen LogP contribution in [0.3, 0.4) is 0 Å². The molecule has 1 unspecified atom stereocenters. The number of hydrogen-bond acceptors (Lipinski definition) is 5. The smallest absolute Gasteiger partial charge is 0.144 e. The van der Waals surface area contributed by atoms with E-state index in [0.717, 1.165) is 43.6 Å². The monoisotopic (exact) mass is 275 g/mol. The van der Waals surface area contributed by atoms with Gasteiger partial charge in [-0.05, 0) is 25.8 Å². The fourth-order valence-electron chi connectivity index (χ4n) is 3.21. The molecule has 0 aromatic carbocycles. The third-order valence-electron chi connectivity index (χ3n) is 4.32. The lowest BCUT2D eigenvalue weighted by Gasteiger charge is -2.37. The molecule has 0 radical (unpaired) electrons. The summed E-state index contributed by atoms with van der Waals surface area (Å²) in [6.07, 6.45) is 7.61. The van der Waals surface area contributed by atoms with Crippen molar-refractivity contribution in [2.24, 2.45) is 0 Å². The molecule has 1 N–H and O–H groups in total. The van der Waals surface area contributed by atoms with E-state index >= 15 is 0 Å². The Morgan fingerprint density at radius 3 is 3.00 bits per heavy atom. The van der Waals surface area contributed by atoms with Crippen LogP contribution in [0.5, 0.6) is 0 Å². The maximum Gasteiger partial charge on any atom is 0.144 e. The van der Waals surface area contributed by atoms with Crippen LogP contribution in [0.25, 0.3) is 0 Å². The van der Waals surface area contributed by atoms with Crippen molar-refractivity contribution in [2.45, 2.75) is 38.8 Å². The van der Waals surface area contributed by atoms with Gasteiger partial charge >= 0.3 is 0 Å². The van der Waals surface area contributed by atoms with Crippen LogP contribution in [-0.4, -0.2) is 58.5 Å². The molecule has 0 spiro atoms. The average molecular weight is 275 g/mol. The third-order valence-corrected chi connectivity index (χ3v) is 4.32. The summed E-state index contributed by atoms with van der Waals surface area (Å²) in [4.78, 5) is 14.1. The molecule has 2 saturated heterocycles. The van der Waals surface area contributed by atoms with Crippen LogP contribution in [0.15, 0.2) is 12.4 Å². The Kier molecular flexibility index (Phi) is 4.47. The minimum Gasteiger partial charge on any atom is -0.369 e. The van der Waals surface area contributed by atoms with Gasteiger partial charge in [0.15, 0.2) is 0 Å². The number of nitrogens with one attached hydrogen (secondary N) is 1. The lowest BCUT2D eigenvalue weighted by atomic mass is 10.1. The van der Waals surface area contributed by atoms with Gasteiger partial charge in [0.25, 0.3) is 0 Å². The molecule has 5 nitrogen and oxygen atoms in total. The summed E-state index contributed by atoms with van der Waals surface area (Å²) in [7, 11) is 0. The molecule has 0 saturated carbocycles. The van der Waals surface area contributed by atoms with E-state index in [1.165, 1.54) is 32.5 Å². The molecule has 2 aliphatic heterocycles. The topological polar surface area (TPSA) is 44.3 Å². The number of piperazine rings is 1. The predicted octanol–water partition coefficient (Wildman–Crippen LogP) is 1.58. The van der Waals surface area contributed by atoms with E-state index in [-0.39, 0.29) is 0 Å². The fraction of sp³-hybridized carbons (Fsp3) is 0.733. The van der Waals surface area contributed by atoms with E-state index < -0.39 is 0 Å². The van der Waals surface area contributed by atoms with Crippen molar-refractivity contribution in [3.8, 4) is 0 Å². The van der Waals surface area contributed by atoms with Crippen molar-refractivity contribution < 1.29 is 0 Å². The molecule has 5 heteroatoms. The van der Waals surface area contributed by atoms with Gasteiger partial charge in [0.2, 0.25) is 0 Å². The lowest BCUT2D eigenvalue weighted by molar-refractivity contribution is 0.0984. The first-order chi connectivity index (χ1) is 9.85. The molecule has 20 heavy (non-hydrogen) atoms. The highest BCUT2D eigenvalue weighted by Gasteiger charge is 2.30. The summed E-state index contributed by atoms with van der Waals surface area (Å²) >= 11 is 0. The summed E-state index contributed by atoms with van der Waals surface area (Å²) in [6.45, 7) is 8.91. The molecule has 2 fully saturated rings. The predicted molar refractivity (Wildman–Crippen MR) is 80.7 cm³/mol. The highest BCUT2D eigenvalue weighted by molar-refractivity contribution is 5.30. The van der Waals surface area contributed by atoms with E-state index in [4.69, 9.17) is 0 Å². The minimum atomic E-state index is 0.780. The Balaban J connectivity index is 1.52. The van der Waals surface area contributed by atoms with Gasteiger partial charge in [-0.25, -0.2) is 4.98 Å². The summed E-state index contributed by atoms with van der Waals surface area (Å²) in [5, 5.41) is 3.26. The van der Waals surface area contributed by atoms with E-state index in [0.29, 0.717) is 0 Å². The van der Waals surface area contributed by atoms with Crippen molar-refractivity contribution in [3.05, 3.63) is 18.1 Å². The zero-order valence-electron chi connectivity index (χ0n) is 12.4. The highest BCUT2D eigenvalue weighted by Crippen LogP contribution is 2.22. The first-order valence-corrected chi connectivity index (χ1v) is 7.86. The molecule has 1 atom stereocenters. The Bertz CT molecular complexity index is 419.